The Kier molecular flexibility index (Phi) is 4.55. The Balaban J connectivity index is 1.66. The first-order valence-electron chi connectivity index (χ1n) is 6.09. The highest BCUT2D eigenvalue weighted by atomic mass is 16.6. The summed E-state index contributed by atoms with van der Waals surface area (Å²) in [6.45, 7) is 2.96. The van der Waals surface area contributed by atoms with Crippen LogP contribution in [0, 0.1) is 0 Å². The lowest BCUT2D eigenvalue weighted by atomic mass is 10.2. The number of amides is 1. The maximum Gasteiger partial charge on any atom is 0.421 e. The maximum atomic E-state index is 11.4. The number of benzene rings is 1. The number of carbonyl (C=O) groups is 1. The van der Waals surface area contributed by atoms with Gasteiger partial charge in [0.25, 0.3) is 0 Å². The van der Waals surface area contributed by atoms with Gasteiger partial charge >= 0.3 is 6.09 Å². The van der Waals surface area contributed by atoms with Crippen LogP contribution in [0.3, 0.4) is 0 Å². The molecule has 0 saturated carbocycles. The van der Waals surface area contributed by atoms with Gasteiger partial charge in [-0.15, -0.1) is 0 Å². The summed E-state index contributed by atoms with van der Waals surface area (Å²) in [5.74, 6) is 0. The zero-order valence-corrected chi connectivity index (χ0v) is 10.4. The van der Waals surface area contributed by atoms with Gasteiger partial charge < -0.3 is 9.47 Å². The highest BCUT2D eigenvalue weighted by Gasteiger charge is 2.24. The van der Waals surface area contributed by atoms with Crippen LogP contribution in [0.5, 0.6) is 0 Å². The molecular formula is C13H18N2O3. The SMILES string of the molecule is C[C@H]1OCC[C@@H]1NNC(=O)OCc1ccccc1. The van der Waals surface area contributed by atoms with E-state index in [9.17, 15) is 4.79 Å². The van der Waals surface area contributed by atoms with E-state index in [-0.39, 0.29) is 18.8 Å². The van der Waals surface area contributed by atoms with Gasteiger partial charge in [0.1, 0.15) is 6.61 Å². The quantitative estimate of drug-likeness (QED) is 0.797. The number of carbonyl (C=O) groups excluding carboxylic acids is 1. The fourth-order valence-electron chi connectivity index (χ4n) is 1.83. The van der Waals surface area contributed by atoms with Crippen LogP contribution in [0.1, 0.15) is 18.9 Å². The van der Waals surface area contributed by atoms with E-state index in [4.69, 9.17) is 9.47 Å². The van der Waals surface area contributed by atoms with Crippen LogP contribution in [0.2, 0.25) is 0 Å². The predicted octanol–water partition coefficient (Wildman–Crippen LogP) is 1.59. The Hall–Kier alpha value is -1.59. The fourth-order valence-corrected chi connectivity index (χ4v) is 1.83. The third-order valence-corrected chi connectivity index (χ3v) is 2.95. The van der Waals surface area contributed by atoms with Crippen LogP contribution >= 0.6 is 0 Å². The molecule has 1 aromatic rings. The molecule has 0 aliphatic carbocycles. The summed E-state index contributed by atoms with van der Waals surface area (Å²) in [6, 6.07) is 9.71. The topological polar surface area (TPSA) is 59.6 Å². The predicted molar refractivity (Wildman–Crippen MR) is 66.7 cm³/mol. The third kappa shape index (κ3) is 3.72. The largest absolute Gasteiger partial charge is 0.444 e. The Bertz CT molecular complexity index is 383. The van der Waals surface area contributed by atoms with E-state index in [2.05, 4.69) is 10.9 Å². The van der Waals surface area contributed by atoms with Gasteiger partial charge in [-0.3, -0.25) is 5.43 Å². The first-order valence-corrected chi connectivity index (χ1v) is 6.09. The third-order valence-electron chi connectivity index (χ3n) is 2.95. The van der Waals surface area contributed by atoms with Gasteiger partial charge in [0.2, 0.25) is 0 Å². The summed E-state index contributed by atoms with van der Waals surface area (Å²) in [5, 5.41) is 0. The molecule has 2 N–H and O–H groups in total. The van der Waals surface area contributed by atoms with Crippen LogP contribution < -0.4 is 10.9 Å². The Morgan fingerprint density at radius 3 is 2.89 bits per heavy atom. The number of hydrogen-bond acceptors (Lipinski definition) is 4. The molecule has 1 fully saturated rings. The number of rotatable bonds is 4. The van der Waals surface area contributed by atoms with E-state index in [0.29, 0.717) is 0 Å². The average Bonchev–Trinajstić information content (AvgIpc) is 2.81. The van der Waals surface area contributed by atoms with Crippen LogP contribution in [0.25, 0.3) is 0 Å². The van der Waals surface area contributed by atoms with Crippen LogP contribution in [0.15, 0.2) is 30.3 Å². The van der Waals surface area contributed by atoms with Gasteiger partial charge in [0, 0.05) is 6.61 Å². The molecule has 1 aromatic carbocycles. The average molecular weight is 250 g/mol. The summed E-state index contributed by atoms with van der Waals surface area (Å²) in [4.78, 5) is 11.4. The molecule has 1 saturated heterocycles. The first-order chi connectivity index (χ1) is 8.75. The smallest absolute Gasteiger partial charge is 0.421 e. The number of nitrogens with one attached hydrogen (secondary N) is 2. The maximum absolute atomic E-state index is 11.4. The summed E-state index contributed by atoms with van der Waals surface area (Å²) in [6.07, 6.45) is 0.525. The van der Waals surface area contributed by atoms with Crippen molar-refractivity contribution < 1.29 is 14.3 Å². The molecule has 5 heteroatoms. The van der Waals surface area contributed by atoms with Crippen molar-refractivity contribution in [2.24, 2.45) is 0 Å². The van der Waals surface area contributed by atoms with E-state index in [0.717, 1.165) is 18.6 Å². The van der Waals surface area contributed by atoms with E-state index >= 15 is 0 Å². The van der Waals surface area contributed by atoms with Crippen molar-refractivity contribution in [3.8, 4) is 0 Å². The molecule has 0 unspecified atom stereocenters. The van der Waals surface area contributed by atoms with Crippen molar-refractivity contribution in [1.29, 1.82) is 0 Å². The molecule has 98 valence electrons. The van der Waals surface area contributed by atoms with E-state index in [1.165, 1.54) is 0 Å². The molecule has 1 aliphatic rings. The molecule has 5 nitrogen and oxygen atoms in total. The van der Waals surface area contributed by atoms with Gasteiger partial charge in [0.15, 0.2) is 0 Å². The Morgan fingerprint density at radius 2 is 2.22 bits per heavy atom. The number of hydrogen-bond donors (Lipinski definition) is 2. The molecule has 2 rings (SSSR count). The first kappa shape index (κ1) is 12.9. The highest BCUT2D eigenvalue weighted by molar-refractivity contribution is 5.66. The molecular weight excluding hydrogens is 232 g/mol. The van der Waals surface area contributed by atoms with E-state index in [1.807, 2.05) is 37.3 Å². The van der Waals surface area contributed by atoms with Crippen molar-refractivity contribution in [2.45, 2.75) is 32.1 Å². The minimum Gasteiger partial charge on any atom is -0.444 e. The van der Waals surface area contributed by atoms with Gasteiger partial charge in [-0.2, -0.15) is 0 Å². The zero-order chi connectivity index (χ0) is 12.8. The minimum atomic E-state index is -0.474. The lowest BCUT2D eigenvalue weighted by Gasteiger charge is -2.16. The number of hydrazine groups is 1. The van der Waals surface area contributed by atoms with E-state index in [1.54, 1.807) is 0 Å². The van der Waals surface area contributed by atoms with Crippen molar-refractivity contribution in [1.82, 2.24) is 10.9 Å². The molecule has 0 spiro atoms. The lowest BCUT2D eigenvalue weighted by Crippen LogP contribution is -2.47. The monoisotopic (exact) mass is 250 g/mol. The second-order valence-corrected chi connectivity index (χ2v) is 4.30. The van der Waals surface area contributed by atoms with Crippen molar-refractivity contribution in [3.05, 3.63) is 35.9 Å². The Morgan fingerprint density at radius 1 is 1.44 bits per heavy atom. The van der Waals surface area contributed by atoms with E-state index < -0.39 is 6.09 Å². The standard InChI is InChI=1S/C13H18N2O3/c1-10-12(7-8-17-10)14-15-13(16)18-9-11-5-3-2-4-6-11/h2-6,10,12,14H,7-9H2,1H3,(H,15,16)/t10-,12+/m1/s1. The second kappa shape index (κ2) is 6.37. The number of ether oxygens (including phenoxy) is 2. The highest BCUT2D eigenvalue weighted by Crippen LogP contribution is 2.11. The van der Waals surface area contributed by atoms with Gasteiger partial charge in [-0.25, -0.2) is 10.2 Å². The van der Waals surface area contributed by atoms with Gasteiger partial charge in [-0.1, -0.05) is 30.3 Å². The molecule has 1 heterocycles. The summed E-state index contributed by atoms with van der Waals surface area (Å²) in [5.41, 5.74) is 6.42. The molecule has 0 aromatic heterocycles. The molecule has 18 heavy (non-hydrogen) atoms. The minimum absolute atomic E-state index is 0.111. The van der Waals surface area contributed by atoms with Crippen molar-refractivity contribution >= 4 is 6.09 Å². The molecule has 0 radical (unpaired) electrons. The van der Waals surface area contributed by atoms with Crippen LogP contribution in [0.4, 0.5) is 4.79 Å². The van der Waals surface area contributed by atoms with Crippen LogP contribution in [-0.4, -0.2) is 24.8 Å². The fraction of sp³-hybridized carbons (Fsp3) is 0.462. The Labute approximate surface area is 106 Å². The molecule has 1 aliphatic heterocycles. The van der Waals surface area contributed by atoms with Gasteiger partial charge in [-0.05, 0) is 18.9 Å². The normalized spacial score (nSPS) is 22.7. The van der Waals surface area contributed by atoms with Crippen molar-refractivity contribution in [2.75, 3.05) is 6.61 Å². The van der Waals surface area contributed by atoms with Gasteiger partial charge in [0.05, 0.1) is 12.1 Å². The summed E-state index contributed by atoms with van der Waals surface area (Å²) < 4.78 is 10.4. The summed E-state index contributed by atoms with van der Waals surface area (Å²) in [7, 11) is 0. The second-order valence-electron chi connectivity index (χ2n) is 4.30. The van der Waals surface area contributed by atoms with Crippen molar-refractivity contribution in [3.63, 3.8) is 0 Å². The van der Waals surface area contributed by atoms with Crippen LogP contribution in [-0.2, 0) is 16.1 Å². The molecule has 0 bridgehead atoms. The molecule has 2 atom stereocenters. The molecule has 1 amide bonds. The zero-order valence-electron chi connectivity index (χ0n) is 10.4. The summed E-state index contributed by atoms with van der Waals surface area (Å²) >= 11 is 0. The lowest BCUT2D eigenvalue weighted by molar-refractivity contribution is 0.104.